The number of hydrogen-bond acceptors (Lipinski definition) is 5. The minimum absolute atomic E-state index is 0.694. The average molecular weight is 394 g/mol. The molecule has 1 aromatic heterocycles. The van der Waals surface area contributed by atoms with Crippen molar-refractivity contribution >= 4 is 32.7 Å². The molecule has 0 bridgehead atoms. The number of ether oxygens (including phenoxy) is 2. The molecule has 0 amide bonds. The second-order valence-electron chi connectivity index (χ2n) is 6.38. The maximum Gasteiger partial charge on any atom is 0.162 e. The van der Waals surface area contributed by atoms with Gasteiger partial charge in [0.1, 0.15) is 12.1 Å². The molecule has 24 heavy (non-hydrogen) atoms. The lowest BCUT2D eigenvalue weighted by Gasteiger charge is -2.35. The molecule has 1 atom stereocenters. The highest BCUT2D eigenvalue weighted by molar-refractivity contribution is 9.09. The lowest BCUT2D eigenvalue weighted by atomic mass is 9.86. The minimum atomic E-state index is 0.694. The number of halogens is 1. The summed E-state index contributed by atoms with van der Waals surface area (Å²) in [5, 5.41) is 2.09. The highest BCUT2D eigenvalue weighted by Crippen LogP contribution is 2.36. The molecule has 0 radical (unpaired) electrons. The summed E-state index contributed by atoms with van der Waals surface area (Å²) >= 11 is 3.61. The Morgan fingerprint density at radius 2 is 1.83 bits per heavy atom. The van der Waals surface area contributed by atoms with Gasteiger partial charge in [0.25, 0.3) is 0 Å². The van der Waals surface area contributed by atoms with Gasteiger partial charge in [-0.05, 0) is 30.7 Å². The van der Waals surface area contributed by atoms with Crippen LogP contribution in [0.4, 0.5) is 5.82 Å². The third-order valence-corrected chi connectivity index (χ3v) is 6.03. The monoisotopic (exact) mass is 393 g/mol. The standard InChI is InChI=1S/C18H24BrN3O2/c1-12(10-19)13-4-6-22(7-5-13)18-14-8-16(23-2)17(24-3)9-15(14)20-11-21-18/h8-9,11-13H,4-7,10H2,1-3H3. The molecule has 1 fully saturated rings. The smallest absolute Gasteiger partial charge is 0.162 e. The maximum atomic E-state index is 5.45. The van der Waals surface area contributed by atoms with E-state index >= 15 is 0 Å². The van der Waals surface area contributed by atoms with Gasteiger partial charge in [0.15, 0.2) is 11.5 Å². The first-order valence-corrected chi connectivity index (χ1v) is 9.47. The fraction of sp³-hybridized carbons (Fsp3) is 0.556. The van der Waals surface area contributed by atoms with Gasteiger partial charge >= 0.3 is 0 Å². The van der Waals surface area contributed by atoms with Crippen molar-refractivity contribution in [1.29, 1.82) is 0 Å². The quantitative estimate of drug-likeness (QED) is 0.720. The van der Waals surface area contributed by atoms with Crippen molar-refractivity contribution < 1.29 is 9.47 Å². The summed E-state index contributed by atoms with van der Waals surface area (Å²) in [4.78, 5) is 11.3. The highest BCUT2D eigenvalue weighted by Gasteiger charge is 2.25. The second kappa shape index (κ2) is 7.55. The van der Waals surface area contributed by atoms with E-state index in [1.165, 1.54) is 12.8 Å². The Hall–Kier alpha value is -1.56. The van der Waals surface area contributed by atoms with E-state index in [2.05, 4.69) is 37.7 Å². The van der Waals surface area contributed by atoms with Gasteiger partial charge in [0.05, 0.1) is 19.7 Å². The number of benzene rings is 1. The van der Waals surface area contributed by atoms with Crippen LogP contribution in [0.5, 0.6) is 11.5 Å². The molecule has 1 saturated heterocycles. The molecule has 6 heteroatoms. The van der Waals surface area contributed by atoms with Crippen LogP contribution < -0.4 is 14.4 Å². The summed E-state index contributed by atoms with van der Waals surface area (Å²) in [5.41, 5.74) is 0.883. The molecular weight excluding hydrogens is 370 g/mol. The molecule has 0 saturated carbocycles. The third-order valence-electron chi connectivity index (χ3n) is 5.01. The molecule has 5 nitrogen and oxygen atoms in total. The van der Waals surface area contributed by atoms with Crippen LogP contribution in [0.3, 0.4) is 0 Å². The van der Waals surface area contributed by atoms with Crippen molar-refractivity contribution in [2.45, 2.75) is 19.8 Å². The molecule has 1 aromatic carbocycles. The van der Waals surface area contributed by atoms with E-state index < -0.39 is 0 Å². The van der Waals surface area contributed by atoms with Crippen LogP contribution in [-0.4, -0.2) is 42.6 Å². The minimum Gasteiger partial charge on any atom is -0.493 e. The first-order valence-electron chi connectivity index (χ1n) is 8.35. The summed E-state index contributed by atoms with van der Waals surface area (Å²) in [6, 6.07) is 3.90. The Labute approximate surface area is 151 Å². The van der Waals surface area contributed by atoms with Crippen molar-refractivity contribution in [3.8, 4) is 11.5 Å². The van der Waals surface area contributed by atoms with Crippen LogP contribution in [0.15, 0.2) is 18.5 Å². The zero-order chi connectivity index (χ0) is 17.1. The summed E-state index contributed by atoms with van der Waals surface area (Å²) in [6.07, 6.45) is 4.04. The van der Waals surface area contributed by atoms with Crippen molar-refractivity contribution in [1.82, 2.24) is 9.97 Å². The Morgan fingerprint density at radius 3 is 2.46 bits per heavy atom. The largest absolute Gasteiger partial charge is 0.493 e. The predicted octanol–water partition coefficient (Wildman–Crippen LogP) is 3.89. The average Bonchev–Trinajstić information content (AvgIpc) is 2.65. The Balaban J connectivity index is 1.90. The fourth-order valence-electron chi connectivity index (χ4n) is 3.43. The van der Waals surface area contributed by atoms with Gasteiger partial charge < -0.3 is 14.4 Å². The summed E-state index contributed by atoms with van der Waals surface area (Å²) in [6.45, 7) is 4.39. The van der Waals surface area contributed by atoms with Crippen LogP contribution in [-0.2, 0) is 0 Å². The van der Waals surface area contributed by atoms with Crippen LogP contribution in [0, 0.1) is 11.8 Å². The van der Waals surface area contributed by atoms with E-state index in [1.54, 1.807) is 20.5 Å². The summed E-state index contributed by atoms with van der Waals surface area (Å²) in [7, 11) is 3.29. The number of anilines is 1. The van der Waals surface area contributed by atoms with Gasteiger partial charge in [0, 0.05) is 29.9 Å². The Kier molecular flexibility index (Phi) is 5.43. The third kappa shape index (κ3) is 3.29. The number of hydrogen-bond donors (Lipinski definition) is 0. The maximum absolute atomic E-state index is 5.45. The van der Waals surface area contributed by atoms with Gasteiger partial charge in [-0.25, -0.2) is 9.97 Å². The fourth-order valence-corrected chi connectivity index (χ4v) is 3.96. The van der Waals surface area contributed by atoms with E-state index in [1.807, 2.05) is 12.1 Å². The summed E-state index contributed by atoms with van der Waals surface area (Å²) < 4.78 is 10.8. The van der Waals surface area contributed by atoms with Gasteiger partial charge in [0.2, 0.25) is 0 Å². The van der Waals surface area contributed by atoms with Gasteiger partial charge in [-0.3, -0.25) is 0 Å². The number of aromatic nitrogens is 2. The molecule has 0 spiro atoms. The number of piperidine rings is 1. The zero-order valence-electron chi connectivity index (χ0n) is 14.5. The molecule has 1 aliphatic rings. The van der Waals surface area contributed by atoms with E-state index in [0.717, 1.165) is 47.0 Å². The number of alkyl halides is 1. The van der Waals surface area contributed by atoms with Gasteiger partial charge in [-0.1, -0.05) is 22.9 Å². The van der Waals surface area contributed by atoms with Crippen molar-refractivity contribution in [3.63, 3.8) is 0 Å². The van der Waals surface area contributed by atoms with E-state index in [0.29, 0.717) is 11.5 Å². The molecule has 2 aromatic rings. The zero-order valence-corrected chi connectivity index (χ0v) is 16.0. The number of methoxy groups -OCH3 is 2. The number of fused-ring (bicyclic) bond motifs is 1. The van der Waals surface area contributed by atoms with Crippen LogP contribution in [0.25, 0.3) is 10.9 Å². The lowest BCUT2D eigenvalue weighted by Crippen LogP contribution is -2.36. The molecule has 1 unspecified atom stereocenters. The van der Waals surface area contributed by atoms with E-state index in [4.69, 9.17) is 9.47 Å². The molecular formula is C18H24BrN3O2. The van der Waals surface area contributed by atoms with Crippen LogP contribution >= 0.6 is 15.9 Å². The molecule has 130 valence electrons. The molecule has 0 aliphatic carbocycles. The molecule has 1 aliphatic heterocycles. The molecule has 3 rings (SSSR count). The Morgan fingerprint density at radius 1 is 1.17 bits per heavy atom. The topological polar surface area (TPSA) is 47.5 Å². The van der Waals surface area contributed by atoms with Crippen molar-refractivity contribution in [3.05, 3.63) is 18.5 Å². The van der Waals surface area contributed by atoms with Crippen LogP contribution in [0.2, 0.25) is 0 Å². The van der Waals surface area contributed by atoms with Gasteiger partial charge in [-0.2, -0.15) is 0 Å². The van der Waals surface area contributed by atoms with Crippen molar-refractivity contribution in [2.24, 2.45) is 11.8 Å². The predicted molar refractivity (Wildman–Crippen MR) is 101 cm³/mol. The molecule has 0 N–H and O–H groups in total. The first-order chi connectivity index (χ1) is 11.7. The molecule has 2 heterocycles. The highest BCUT2D eigenvalue weighted by atomic mass is 79.9. The number of nitrogens with zero attached hydrogens (tertiary/aromatic N) is 3. The van der Waals surface area contributed by atoms with Gasteiger partial charge in [-0.15, -0.1) is 0 Å². The lowest BCUT2D eigenvalue weighted by molar-refractivity contribution is 0.316. The van der Waals surface area contributed by atoms with E-state index in [-0.39, 0.29) is 0 Å². The normalized spacial score (nSPS) is 17.1. The summed E-state index contributed by atoms with van der Waals surface area (Å²) in [5.74, 6) is 3.90. The van der Waals surface area contributed by atoms with Crippen LogP contribution in [0.1, 0.15) is 19.8 Å². The van der Waals surface area contributed by atoms with E-state index in [9.17, 15) is 0 Å². The number of rotatable bonds is 5. The Bertz CT molecular complexity index is 702. The van der Waals surface area contributed by atoms with Crippen molar-refractivity contribution in [2.75, 3.05) is 37.5 Å². The second-order valence-corrected chi connectivity index (χ2v) is 7.03. The first kappa shape index (κ1) is 17.3. The SMILES string of the molecule is COc1cc2ncnc(N3CCC(C(C)CBr)CC3)c2cc1OC.